The molecule has 6 aromatic rings. The van der Waals surface area contributed by atoms with Crippen LogP contribution in [0.2, 0.25) is 0 Å². The van der Waals surface area contributed by atoms with Crippen molar-refractivity contribution in [3.8, 4) is 33.6 Å². The third kappa shape index (κ3) is 8.51. The number of alkyl halides is 3. The number of H-pyrrole nitrogens is 2. The van der Waals surface area contributed by atoms with Crippen molar-refractivity contribution in [3.05, 3.63) is 144 Å². The lowest BCUT2D eigenvalue weighted by molar-refractivity contribution is -0.142. The van der Waals surface area contributed by atoms with Gasteiger partial charge in [0.25, 0.3) is 5.91 Å². The van der Waals surface area contributed by atoms with E-state index in [1.54, 1.807) is 60.6 Å². The van der Waals surface area contributed by atoms with Crippen molar-refractivity contribution in [1.29, 1.82) is 0 Å². The van der Waals surface area contributed by atoms with Gasteiger partial charge in [-0.2, -0.15) is 13.2 Å². The zero-order valence-electron chi connectivity index (χ0n) is 33.6. The zero-order valence-corrected chi connectivity index (χ0v) is 33.6. The maximum absolute atomic E-state index is 14.0. The Hall–Kier alpha value is -6.74. The number of likely N-dealkylation sites (N-methyl/N-ethyl adjacent to an activating group) is 1. The van der Waals surface area contributed by atoms with E-state index in [0.717, 1.165) is 46.1 Å². The highest BCUT2D eigenvalue weighted by atomic mass is 19.4. The molecule has 0 spiro atoms. The second-order valence-electron chi connectivity index (χ2n) is 15.6. The second-order valence-corrected chi connectivity index (χ2v) is 15.6. The van der Waals surface area contributed by atoms with Crippen LogP contribution in [0, 0.1) is 0 Å². The second kappa shape index (κ2) is 17.1. The molecule has 2 aliphatic heterocycles. The Morgan fingerprint density at radius 2 is 1.18 bits per heavy atom. The third-order valence-electron chi connectivity index (χ3n) is 11.6. The van der Waals surface area contributed by atoms with Crippen molar-refractivity contribution in [3.63, 3.8) is 0 Å². The van der Waals surface area contributed by atoms with Crippen LogP contribution in [0.5, 0.6) is 0 Å². The summed E-state index contributed by atoms with van der Waals surface area (Å²) >= 11 is 0. The molecule has 2 fully saturated rings. The van der Waals surface area contributed by atoms with E-state index in [-0.39, 0.29) is 17.5 Å². The van der Waals surface area contributed by atoms with E-state index in [2.05, 4.69) is 25.3 Å². The Kier molecular flexibility index (Phi) is 11.5. The first-order chi connectivity index (χ1) is 29.4. The van der Waals surface area contributed by atoms with E-state index in [1.807, 2.05) is 54.6 Å². The number of imidazole rings is 2. The van der Waals surface area contributed by atoms with Gasteiger partial charge in [-0.1, -0.05) is 97.1 Å². The van der Waals surface area contributed by atoms with Crippen molar-refractivity contribution < 1.29 is 32.7 Å². The van der Waals surface area contributed by atoms with Gasteiger partial charge in [0.05, 0.1) is 41.4 Å². The molecule has 0 radical (unpaired) electrons. The molecule has 1 unspecified atom stereocenters. The summed E-state index contributed by atoms with van der Waals surface area (Å²) in [5.41, 5.74) is 5.01. The summed E-state index contributed by atoms with van der Waals surface area (Å²) in [6.45, 7) is 0.903. The van der Waals surface area contributed by atoms with Crippen LogP contribution in [0.25, 0.3) is 33.6 Å². The number of halogens is 3. The summed E-state index contributed by atoms with van der Waals surface area (Å²) in [5.74, 6) is 0.502. The first kappa shape index (κ1) is 41.0. The summed E-state index contributed by atoms with van der Waals surface area (Å²) in [6.07, 6.45) is 0.388. The number of aromatic amines is 2. The number of amides is 3. The Morgan fingerprint density at radius 3 is 1.67 bits per heavy atom. The predicted molar refractivity (Wildman–Crippen MR) is 223 cm³/mol. The van der Waals surface area contributed by atoms with Crippen molar-refractivity contribution in [2.45, 2.75) is 56.0 Å². The van der Waals surface area contributed by atoms with E-state index in [1.165, 1.54) is 23.1 Å². The Labute approximate surface area is 350 Å². The highest BCUT2D eigenvalue weighted by Gasteiger charge is 2.42. The zero-order chi connectivity index (χ0) is 42.8. The molecule has 2 aromatic heterocycles. The summed E-state index contributed by atoms with van der Waals surface area (Å²) in [5, 5.41) is 11.9. The number of carbonyl (C=O) groups is 3. The molecule has 61 heavy (non-hydrogen) atoms. The predicted octanol–water partition coefficient (Wildman–Crippen LogP) is 8.79. The summed E-state index contributed by atoms with van der Waals surface area (Å²) in [4.78, 5) is 60.3. The van der Waals surface area contributed by atoms with Gasteiger partial charge in [0, 0.05) is 13.1 Å². The molecule has 0 saturated carbocycles. The van der Waals surface area contributed by atoms with Crippen LogP contribution < -0.4 is 5.32 Å². The molecule has 0 aliphatic carbocycles. The van der Waals surface area contributed by atoms with Crippen LogP contribution in [0.15, 0.2) is 116 Å². The van der Waals surface area contributed by atoms with E-state index < -0.39 is 41.9 Å². The van der Waals surface area contributed by atoms with Crippen LogP contribution in [0.1, 0.15) is 78.2 Å². The number of carboxylic acid groups (broad SMARTS) is 1. The van der Waals surface area contributed by atoms with Gasteiger partial charge in [-0.25, -0.2) is 14.8 Å². The number of hydrogen-bond acceptors (Lipinski definition) is 6. The lowest BCUT2D eigenvalue weighted by Gasteiger charge is -2.32. The minimum atomic E-state index is -4.60. The van der Waals surface area contributed by atoms with Crippen LogP contribution in [0.4, 0.5) is 18.0 Å². The standard InChI is InChI=1S/C46H45F3N8O4/c1-55(2)40(33-12-6-7-13-34(33)46(47,48)49)44(59)57-25-9-15-38(57)42-51-27-36(53-42)31-22-18-29(19-23-31)28-16-20-30(21-17-28)35-26-50-41(52-35)37-14-8-24-56(37)43(58)39(54-45(60)61)32-10-4-3-5-11-32/h3-7,10-13,16-23,26-27,37-40,54H,8-9,14-15,24-25H2,1-2H3,(H,50,52)(H,51,53)(H,60,61)/t37-,38-,39+,40?/m0/s1. The molecule has 4 aromatic carbocycles. The SMILES string of the molecule is CN(C)C(C(=O)N1CCC[C@H]1c1ncc(-c2ccc(-c3ccc(-c4cnc([C@@H]5CCCN5C(=O)[C@H](NC(=O)O)c5ccccc5)[nH]4)cc3)cc2)[nH]1)c1ccccc1C(F)(F)F. The number of benzene rings is 4. The van der Waals surface area contributed by atoms with E-state index >= 15 is 0 Å². The van der Waals surface area contributed by atoms with E-state index in [4.69, 9.17) is 0 Å². The number of aromatic nitrogens is 4. The molecular formula is C46H45F3N8O4. The molecule has 0 bridgehead atoms. The van der Waals surface area contributed by atoms with Gasteiger partial charge in [0.1, 0.15) is 23.7 Å². The molecule has 3 amide bonds. The third-order valence-corrected chi connectivity index (χ3v) is 11.6. The van der Waals surface area contributed by atoms with Gasteiger partial charge in [-0.3, -0.25) is 14.5 Å². The monoisotopic (exact) mass is 830 g/mol. The number of nitrogens with one attached hydrogen (secondary N) is 3. The highest BCUT2D eigenvalue weighted by molar-refractivity contribution is 5.87. The highest BCUT2D eigenvalue weighted by Crippen LogP contribution is 2.40. The summed E-state index contributed by atoms with van der Waals surface area (Å²) in [7, 11) is 3.23. The lowest BCUT2D eigenvalue weighted by atomic mass is 9.97. The van der Waals surface area contributed by atoms with Crippen LogP contribution in [0.3, 0.4) is 0 Å². The largest absolute Gasteiger partial charge is 0.465 e. The molecule has 314 valence electrons. The van der Waals surface area contributed by atoms with Crippen molar-refractivity contribution >= 4 is 17.9 Å². The molecule has 4 N–H and O–H groups in total. The minimum Gasteiger partial charge on any atom is -0.465 e. The lowest BCUT2D eigenvalue weighted by Crippen LogP contribution is -2.42. The fraction of sp³-hybridized carbons (Fsp3) is 0.283. The molecule has 2 saturated heterocycles. The number of carbonyl (C=O) groups excluding carboxylic acids is 2. The van der Waals surface area contributed by atoms with Gasteiger partial charge in [0.15, 0.2) is 0 Å². The van der Waals surface area contributed by atoms with Gasteiger partial charge < -0.3 is 30.2 Å². The quantitative estimate of drug-likeness (QED) is 0.102. The van der Waals surface area contributed by atoms with Gasteiger partial charge in [-0.05, 0) is 79.2 Å². The average Bonchev–Trinajstić information content (AvgIpc) is 4.10. The first-order valence-electron chi connectivity index (χ1n) is 20.2. The molecule has 8 rings (SSSR count). The summed E-state index contributed by atoms with van der Waals surface area (Å²) < 4.78 is 42.0. The van der Waals surface area contributed by atoms with Crippen molar-refractivity contribution in [2.75, 3.05) is 27.2 Å². The number of hydrogen-bond donors (Lipinski definition) is 4. The number of nitrogens with zero attached hydrogens (tertiary/aromatic N) is 5. The van der Waals surface area contributed by atoms with E-state index in [0.29, 0.717) is 49.6 Å². The number of likely N-dealkylation sites (tertiary alicyclic amines) is 2. The van der Waals surface area contributed by atoms with Crippen molar-refractivity contribution in [1.82, 2.24) is 40.0 Å². The molecule has 2 aliphatic rings. The maximum Gasteiger partial charge on any atom is 0.416 e. The molecule has 4 atom stereocenters. The summed E-state index contributed by atoms with van der Waals surface area (Å²) in [6, 6.07) is 27.2. The normalized spacial score (nSPS) is 17.7. The number of rotatable bonds is 11. The smallest absolute Gasteiger partial charge is 0.416 e. The molecule has 12 nitrogen and oxygen atoms in total. The molecule has 15 heteroatoms. The Balaban J connectivity index is 0.936. The van der Waals surface area contributed by atoms with Crippen LogP contribution in [-0.4, -0.2) is 84.8 Å². The van der Waals surface area contributed by atoms with Crippen LogP contribution >= 0.6 is 0 Å². The molecule has 4 heterocycles. The van der Waals surface area contributed by atoms with Gasteiger partial charge in [0.2, 0.25) is 5.91 Å². The fourth-order valence-electron chi connectivity index (χ4n) is 8.62. The minimum absolute atomic E-state index is 0.0749. The van der Waals surface area contributed by atoms with Gasteiger partial charge >= 0.3 is 12.3 Å². The Bertz CT molecular complexity index is 2500. The maximum atomic E-state index is 14.0. The molecular weight excluding hydrogens is 786 g/mol. The Morgan fingerprint density at radius 1 is 0.705 bits per heavy atom. The van der Waals surface area contributed by atoms with E-state index in [9.17, 15) is 32.7 Å². The average molecular weight is 831 g/mol. The fourth-order valence-corrected chi connectivity index (χ4v) is 8.62. The first-order valence-corrected chi connectivity index (χ1v) is 20.2. The van der Waals surface area contributed by atoms with Gasteiger partial charge in [-0.15, -0.1) is 0 Å². The van der Waals surface area contributed by atoms with Crippen molar-refractivity contribution in [2.24, 2.45) is 0 Å². The topological polar surface area (TPSA) is 151 Å². The van der Waals surface area contributed by atoms with Crippen LogP contribution in [-0.2, 0) is 15.8 Å².